The number of unbranched alkanes of at least 4 members (excludes halogenated alkanes) is 1. The SMILES string of the molecule is CCCCC(N)Nc1ccccn1. The van der Waals surface area contributed by atoms with Gasteiger partial charge in [0.05, 0.1) is 6.17 Å². The maximum Gasteiger partial charge on any atom is 0.127 e. The predicted octanol–water partition coefficient (Wildman–Crippen LogP) is 1.97. The third kappa shape index (κ3) is 3.90. The smallest absolute Gasteiger partial charge is 0.127 e. The zero-order valence-electron chi connectivity index (χ0n) is 8.03. The van der Waals surface area contributed by atoms with E-state index in [0.717, 1.165) is 18.7 Å². The van der Waals surface area contributed by atoms with Crippen molar-refractivity contribution in [1.29, 1.82) is 0 Å². The minimum atomic E-state index is 0.0230. The minimum Gasteiger partial charge on any atom is -0.355 e. The second-order valence-corrected chi connectivity index (χ2v) is 3.11. The van der Waals surface area contributed by atoms with Crippen LogP contribution in [0.5, 0.6) is 0 Å². The number of nitrogens with two attached hydrogens (primary N) is 1. The van der Waals surface area contributed by atoms with E-state index >= 15 is 0 Å². The molecule has 0 aliphatic heterocycles. The number of hydrogen-bond acceptors (Lipinski definition) is 3. The van der Waals surface area contributed by atoms with E-state index < -0.39 is 0 Å². The first-order chi connectivity index (χ1) is 6.33. The Morgan fingerprint density at radius 3 is 3.00 bits per heavy atom. The van der Waals surface area contributed by atoms with Crippen LogP contribution in [0.25, 0.3) is 0 Å². The van der Waals surface area contributed by atoms with E-state index in [2.05, 4.69) is 17.2 Å². The van der Waals surface area contributed by atoms with Crippen molar-refractivity contribution >= 4 is 5.82 Å². The highest BCUT2D eigenvalue weighted by Gasteiger charge is 2.00. The average Bonchev–Trinajstić information content (AvgIpc) is 2.16. The van der Waals surface area contributed by atoms with E-state index in [1.807, 2.05) is 18.2 Å². The lowest BCUT2D eigenvalue weighted by Gasteiger charge is -2.13. The van der Waals surface area contributed by atoms with Crippen molar-refractivity contribution in [2.45, 2.75) is 32.4 Å². The van der Waals surface area contributed by atoms with Crippen LogP contribution in [0, 0.1) is 0 Å². The van der Waals surface area contributed by atoms with Gasteiger partial charge in [0.2, 0.25) is 0 Å². The van der Waals surface area contributed by atoms with Crippen LogP contribution in [0.1, 0.15) is 26.2 Å². The summed E-state index contributed by atoms with van der Waals surface area (Å²) in [6.07, 6.45) is 5.11. The van der Waals surface area contributed by atoms with Crippen molar-refractivity contribution in [3.63, 3.8) is 0 Å². The van der Waals surface area contributed by atoms with Gasteiger partial charge in [0.25, 0.3) is 0 Å². The Bertz CT molecular complexity index is 223. The molecule has 3 N–H and O–H groups in total. The van der Waals surface area contributed by atoms with Gasteiger partial charge in [0.1, 0.15) is 5.82 Å². The standard InChI is InChI=1S/C10H17N3/c1-2-3-6-9(11)13-10-7-4-5-8-12-10/h4-5,7-9H,2-3,6,11H2,1H3,(H,12,13). The Labute approximate surface area is 79.4 Å². The van der Waals surface area contributed by atoms with Gasteiger partial charge in [-0.1, -0.05) is 25.8 Å². The van der Waals surface area contributed by atoms with Gasteiger partial charge in [-0.05, 0) is 18.6 Å². The quantitative estimate of drug-likeness (QED) is 0.679. The van der Waals surface area contributed by atoms with E-state index in [9.17, 15) is 0 Å². The number of nitrogens with zero attached hydrogens (tertiary/aromatic N) is 1. The molecule has 3 nitrogen and oxygen atoms in total. The summed E-state index contributed by atoms with van der Waals surface area (Å²) in [5.74, 6) is 0.853. The summed E-state index contributed by atoms with van der Waals surface area (Å²) in [7, 11) is 0. The first-order valence-electron chi connectivity index (χ1n) is 4.76. The van der Waals surface area contributed by atoms with Gasteiger partial charge in [-0.3, -0.25) is 0 Å². The van der Waals surface area contributed by atoms with Gasteiger partial charge in [0, 0.05) is 6.20 Å². The van der Waals surface area contributed by atoms with Crippen LogP contribution < -0.4 is 11.1 Å². The van der Waals surface area contributed by atoms with E-state index in [1.165, 1.54) is 6.42 Å². The Kier molecular flexibility index (Phi) is 4.26. The van der Waals surface area contributed by atoms with Crippen LogP contribution in [-0.4, -0.2) is 11.1 Å². The Morgan fingerprint density at radius 1 is 1.54 bits per heavy atom. The molecule has 0 aliphatic rings. The molecule has 0 radical (unpaired) electrons. The molecule has 1 aromatic heterocycles. The summed E-state index contributed by atoms with van der Waals surface area (Å²) in [6, 6.07) is 5.76. The van der Waals surface area contributed by atoms with Crippen LogP contribution in [0.15, 0.2) is 24.4 Å². The van der Waals surface area contributed by atoms with Gasteiger partial charge >= 0.3 is 0 Å². The third-order valence-corrected chi connectivity index (χ3v) is 1.87. The van der Waals surface area contributed by atoms with Crippen LogP contribution in [-0.2, 0) is 0 Å². The summed E-state index contributed by atoms with van der Waals surface area (Å²) in [6.45, 7) is 2.16. The first kappa shape index (κ1) is 9.99. The molecule has 1 heterocycles. The topological polar surface area (TPSA) is 50.9 Å². The van der Waals surface area contributed by atoms with Crippen LogP contribution >= 0.6 is 0 Å². The maximum absolute atomic E-state index is 5.84. The summed E-state index contributed by atoms with van der Waals surface area (Å²) in [5, 5.41) is 3.14. The maximum atomic E-state index is 5.84. The second kappa shape index (κ2) is 5.54. The molecular formula is C10H17N3. The molecule has 1 atom stereocenters. The van der Waals surface area contributed by atoms with Crippen molar-refractivity contribution in [3.05, 3.63) is 24.4 Å². The molecule has 0 amide bonds. The highest BCUT2D eigenvalue weighted by Crippen LogP contribution is 2.04. The first-order valence-corrected chi connectivity index (χ1v) is 4.76. The average molecular weight is 179 g/mol. The lowest BCUT2D eigenvalue weighted by Crippen LogP contribution is -2.29. The molecule has 0 fully saturated rings. The van der Waals surface area contributed by atoms with Gasteiger partial charge < -0.3 is 11.1 Å². The predicted molar refractivity (Wildman–Crippen MR) is 55.4 cm³/mol. The van der Waals surface area contributed by atoms with E-state index in [0.29, 0.717) is 0 Å². The minimum absolute atomic E-state index is 0.0230. The van der Waals surface area contributed by atoms with E-state index in [1.54, 1.807) is 6.20 Å². The van der Waals surface area contributed by atoms with E-state index in [-0.39, 0.29) is 6.17 Å². The molecule has 0 bridgehead atoms. The molecule has 0 saturated carbocycles. The molecular weight excluding hydrogens is 162 g/mol. The van der Waals surface area contributed by atoms with Crippen LogP contribution in [0.3, 0.4) is 0 Å². The summed E-state index contributed by atoms with van der Waals surface area (Å²) in [4.78, 5) is 4.14. The monoisotopic (exact) mass is 179 g/mol. The number of nitrogens with one attached hydrogen (secondary N) is 1. The zero-order valence-corrected chi connectivity index (χ0v) is 8.03. The molecule has 3 heteroatoms. The summed E-state index contributed by atoms with van der Waals surface area (Å²) >= 11 is 0. The zero-order chi connectivity index (χ0) is 9.52. The Morgan fingerprint density at radius 2 is 2.38 bits per heavy atom. The van der Waals surface area contributed by atoms with Crippen LogP contribution in [0.4, 0.5) is 5.82 Å². The number of anilines is 1. The lowest BCUT2D eigenvalue weighted by atomic mass is 10.2. The molecule has 13 heavy (non-hydrogen) atoms. The summed E-state index contributed by atoms with van der Waals surface area (Å²) < 4.78 is 0. The Balaban J connectivity index is 2.32. The van der Waals surface area contributed by atoms with Gasteiger partial charge in [-0.25, -0.2) is 4.98 Å². The molecule has 0 aliphatic carbocycles. The largest absolute Gasteiger partial charge is 0.355 e. The van der Waals surface area contributed by atoms with Crippen molar-refractivity contribution in [1.82, 2.24) is 4.98 Å². The fourth-order valence-corrected chi connectivity index (χ4v) is 1.13. The third-order valence-electron chi connectivity index (χ3n) is 1.87. The number of aromatic nitrogens is 1. The lowest BCUT2D eigenvalue weighted by molar-refractivity contribution is 0.624. The van der Waals surface area contributed by atoms with Crippen molar-refractivity contribution in [2.75, 3.05) is 5.32 Å². The second-order valence-electron chi connectivity index (χ2n) is 3.11. The normalized spacial score (nSPS) is 12.5. The molecule has 1 unspecified atom stereocenters. The van der Waals surface area contributed by atoms with E-state index in [4.69, 9.17) is 5.73 Å². The fourth-order valence-electron chi connectivity index (χ4n) is 1.13. The Hall–Kier alpha value is -1.09. The molecule has 72 valence electrons. The molecule has 0 saturated heterocycles. The number of pyridine rings is 1. The van der Waals surface area contributed by atoms with Crippen LogP contribution in [0.2, 0.25) is 0 Å². The van der Waals surface area contributed by atoms with Gasteiger partial charge in [-0.2, -0.15) is 0 Å². The molecule has 0 spiro atoms. The highest BCUT2D eigenvalue weighted by molar-refractivity contribution is 5.33. The van der Waals surface area contributed by atoms with Gasteiger partial charge in [-0.15, -0.1) is 0 Å². The van der Waals surface area contributed by atoms with Crippen molar-refractivity contribution in [2.24, 2.45) is 5.73 Å². The van der Waals surface area contributed by atoms with Gasteiger partial charge in [0.15, 0.2) is 0 Å². The van der Waals surface area contributed by atoms with Crippen molar-refractivity contribution < 1.29 is 0 Å². The molecule has 1 aromatic rings. The number of rotatable bonds is 5. The fraction of sp³-hybridized carbons (Fsp3) is 0.500. The number of hydrogen-bond donors (Lipinski definition) is 2. The highest BCUT2D eigenvalue weighted by atomic mass is 15.1. The molecule has 1 rings (SSSR count). The molecule has 0 aromatic carbocycles. The summed E-state index contributed by atoms with van der Waals surface area (Å²) in [5.41, 5.74) is 5.84. The van der Waals surface area contributed by atoms with Crippen molar-refractivity contribution in [3.8, 4) is 0 Å².